The Morgan fingerprint density at radius 2 is 1.92 bits per heavy atom. The maximum absolute atomic E-state index is 12.4. The van der Waals surface area contributed by atoms with Crippen molar-refractivity contribution in [3.8, 4) is 0 Å². The van der Waals surface area contributed by atoms with Gasteiger partial charge >= 0.3 is 6.09 Å². The van der Waals surface area contributed by atoms with E-state index in [0.29, 0.717) is 30.3 Å². The summed E-state index contributed by atoms with van der Waals surface area (Å²) in [6.45, 7) is 7.81. The summed E-state index contributed by atoms with van der Waals surface area (Å²) in [5, 5.41) is 6.58. The Labute approximate surface area is 160 Å². The summed E-state index contributed by atoms with van der Waals surface area (Å²) in [6.07, 6.45) is 2.67. The van der Waals surface area contributed by atoms with Crippen molar-refractivity contribution >= 4 is 23.6 Å². The van der Waals surface area contributed by atoms with E-state index in [4.69, 9.17) is 16.3 Å². The molecule has 2 amide bonds. The van der Waals surface area contributed by atoms with Crippen LogP contribution in [0.2, 0.25) is 5.02 Å². The molecule has 1 aliphatic carbocycles. The van der Waals surface area contributed by atoms with Crippen LogP contribution in [-0.4, -0.2) is 29.7 Å². The van der Waals surface area contributed by atoms with E-state index in [-0.39, 0.29) is 5.91 Å². The Morgan fingerprint density at radius 1 is 1.23 bits per heavy atom. The van der Waals surface area contributed by atoms with Crippen molar-refractivity contribution in [3.63, 3.8) is 0 Å². The molecular weight excluding hydrogens is 352 g/mol. The molecular formula is C20H29ClN2O3. The van der Waals surface area contributed by atoms with Crippen LogP contribution in [0.25, 0.3) is 0 Å². The lowest BCUT2D eigenvalue weighted by Crippen LogP contribution is -2.55. The van der Waals surface area contributed by atoms with Gasteiger partial charge in [0.05, 0.1) is 5.54 Å². The Morgan fingerprint density at radius 3 is 2.50 bits per heavy atom. The number of rotatable bonds is 7. The molecule has 0 aromatic heterocycles. The summed E-state index contributed by atoms with van der Waals surface area (Å²) in [7, 11) is 0. The minimum absolute atomic E-state index is 0.0228. The molecule has 2 rings (SSSR count). The smallest absolute Gasteiger partial charge is 0.407 e. The van der Waals surface area contributed by atoms with E-state index in [1.54, 1.807) is 0 Å². The van der Waals surface area contributed by atoms with E-state index in [9.17, 15) is 9.59 Å². The molecule has 1 unspecified atom stereocenters. The molecule has 0 bridgehead atoms. The van der Waals surface area contributed by atoms with Crippen LogP contribution < -0.4 is 10.6 Å². The molecule has 1 aromatic rings. The molecule has 5 nitrogen and oxygen atoms in total. The first-order chi connectivity index (χ1) is 12.1. The fraction of sp³-hybridized carbons (Fsp3) is 0.600. The van der Waals surface area contributed by atoms with Gasteiger partial charge in [0.1, 0.15) is 5.60 Å². The molecule has 1 aromatic carbocycles. The van der Waals surface area contributed by atoms with Crippen LogP contribution in [0, 0.1) is 5.92 Å². The molecule has 0 aliphatic heterocycles. The van der Waals surface area contributed by atoms with Gasteiger partial charge in [-0.05, 0) is 70.6 Å². The lowest BCUT2D eigenvalue weighted by atomic mass is 9.95. The summed E-state index contributed by atoms with van der Waals surface area (Å²) in [4.78, 5) is 24.4. The maximum atomic E-state index is 12.4. The molecule has 1 aliphatic rings. The minimum atomic E-state index is -0.541. The average molecular weight is 381 g/mol. The zero-order valence-corrected chi connectivity index (χ0v) is 16.8. The molecule has 1 atom stereocenters. The quantitative estimate of drug-likeness (QED) is 0.748. The Bertz CT molecular complexity index is 653. The molecule has 1 saturated carbocycles. The highest BCUT2D eigenvalue weighted by Crippen LogP contribution is 2.39. The summed E-state index contributed by atoms with van der Waals surface area (Å²) in [5.74, 6) is 0.359. The summed E-state index contributed by atoms with van der Waals surface area (Å²) < 4.78 is 5.28. The number of aryl methyl sites for hydroxylation is 1. The van der Waals surface area contributed by atoms with Gasteiger partial charge in [0.2, 0.25) is 5.91 Å². The number of benzene rings is 1. The predicted octanol–water partition coefficient (Wildman–Crippen LogP) is 4.08. The first-order valence-corrected chi connectivity index (χ1v) is 9.47. The van der Waals surface area contributed by atoms with Gasteiger partial charge < -0.3 is 15.4 Å². The molecule has 0 spiro atoms. The third-order valence-corrected chi connectivity index (χ3v) is 4.67. The van der Waals surface area contributed by atoms with Crippen molar-refractivity contribution in [1.82, 2.24) is 10.6 Å². The number of alkyl carbamates (subject to hydrolysis) is 1. The molecule has 0 radical (unpaired) electrons. The van der Waals surface area contributed by atoms with Crippen LogP contribution in [0.1, 0.15) is 52.5 Å². The van der Waals surface area contributed by atoms with Gasteiger partial charge in [0.25, 0.3) is 0 Å². The maximum Gasteiger partial charge on any atom is 0.407 e. The Hall–Kier alpha value is -1.75. The molecule has 1 fully saturated rings. The number of carbonyl (C=O) groups excluding carboxylic acids is 2. The predicted molar refractivity (Wildman–Crippen MR) is 103 cm³/mol. The lowest BCUT2D eigenvalue weighted by molar-refractivity contribution is -0.123. The molecule has 26 heavy (non-hydrogen) atoms. The molecule has 0 saturated heterocycles. The highest BCUT2D eigenvalue weighted by molar-refractivity contribution is 6.30. The summed E-state index contributed by atoms with van der Waals surface area (Å²) in [5.41, 5.74) is 0.0374. The van der Waals surface area contributed by atoms with Gasteiger partial charge in [-0.25, -0.2) is 4.79 Å². The zero-order chi connectivity index (χ0) is 19.4. The molecule has 0 heterocycles. The SMILES string of the molecule is CC(C)(C)OC(=O)NCC(C)(NC(=O)CCc1cccc(Cl)c1)C1CC1. The number of hydrogen-bond acceptors (Lipinski definition) is 3. The fourth-order valence-electron chi connectivity index (χ4n) is 2.91. The van der Waals surface area contributed by atoms with Gasteiger partial charge in [-0.15, -0.1) is 0 Å². The molecule has 6 heteroatoms. The van der Waals surface area contributed by atoms with Crippen molar-refractivity contribution in [2.45, 2.75) is 64.5 Å². The Balaban J connectivity index is 1.86. The number of hydrogen-bond donors (Lipinski definition) is 2. The largest absolute Gasteiger partial charge is 0.444 e. The summed E-state index contributed by atoms with van der Waals surface area (Å²) in [6, 6.07) is 7.54. The van der Waals surface area contributed by atoms with Gasteiger partial charge in [-0.3, -0.25) is 4.79 Å². The van der Waals surface area contributed by atoms with Gasteiger partial charge in [-0.2, -0.15) is 0 Å². The van der Waals surface area contributed by atoms with E-state index in [1.165, 1.54) is 0 Å². The van der Waals surface area contributed by atoms with Crippen molar-refractivity contribution in [2.24, 2.45) is 5.92 Å². The van der Waals surface area contributed by atoms with E-state index in [2.05, 4.69) is 10.6 Å². The number of amides is 2. The lowest BCUT2D eigenvalue weighted by Gasteiger charge is -2.32. The number of ether oxygens (including phenoxy) is 1. The number of carbonyl (C=O) groups is 2. The van der Waals surface area contributed by atoms with Gasteiger partial charge in [0.15, 0.2) is 0 Å². The monoisotopic (exact) mass is 380 g/mol. The third kappa shape index (κ3) is 6.87. The van der Waals surface area contributed by atoms with Crippen LogP contribution in [0.15, 0.2) is 24.3 Å². The van der Waals surface area contributed by atoms with E-state index < -0.39 is 17.2 Å². The molecule has 2 N–H and O–H groups in total. The van der Waals surface area contributed by atoms with Crippen molar-refractivity contribution < 1.29 is 14.3 Å². The van der Waals surface area contributed by atoms with Gasteiger partial charge in [0, 0.05) is 18.0 Å². The average Bonchev–Trinajstić information content (AvgIpc) is 3.35. The highest BCUT2D eigenvalue weighted by Gasteiger charge is 2.42. The van der Waals surface area contributed by atoms with Crippen LogP contribution >= 0.6 is 11.6 Å². The van der Waals surface area contributed by atoms with Gasteiger partial charge in [-0.1, -0.05) is 23.7 Å². The highest BCUT2D eigenvalue weighted by atomic mass is 35.5. The van der Waals surface area contributed by atoms with Crippen LogP contribution in [0.5, 0.6) is 0 Å². The standard InChI is InChI=1S/C20H29ClN2O3/c1-19(2,3)26-18(25)22-13-20(4,15-9-10-15)23-17(24)11-8-14-6-5-7-16(21)12-14/h5-7,12,15H,8-11,13H2,1-4H3,(H,22,25)(H,23,24). The van der Waals surface area contributed by atoms with Crippen LogP contribution in [0.3, 0.4) is 0 Å². The van der Waals surface area contributed by atoms with Crippen LogP contribution in [0.4, 0.5) is 4.79 Å². The van der Waals surface area contributed by atoms with Crippen molar-refractivity contribution in [3.05, 3.63) is 34.9 Å². The second-order valence-corrected chi connectivity index (χ2v) is 8.66. The topological polar surface area (TPSA) is 67.4 Å². The minimum Gasteiger partial charge on any atom is -0.444 e. The second kappa shape index (κ2) is 8.30. The van der Waals surface area contributed by atoms with E-state index in [0.717, 1.165) is 18.4 Å². The normalized spacial score (nSPS) is 16.5. The number of halogens is 1. The second-order valence-electron chi connectivity index (χ2n) is 8.23. The van der Waals surface area contributed by atoms with Crippen molar-refractivity contribution in [2.75, 3.05) is 6.54 Å². The molecule has 144 valence electrons. The summed E-state index contributed by atoms with van der Waals surface area (Å²) >= 11 is 5.98. The zero-order valence-electron chi connectivity index (χ0n) is 16.0. The third-order valence-electron chi connectivity index (χ3n) is 4.43. The fourth-order valence-corrected chi connectivity index (χ4v) is 3.13. The first-order valence-electron chi connectivity index (χ1n) is 9.10. The first kappa shape index (κ1) is 20.6. The Kier molecular flexibility index (Phi) is 6.56. The van der Waals surface area contributed by atoms with Crippen molar-refractivity contribution in [1.29, 1.82) is 0 Å². The van der Waals surface area contributed by atoms with E-state index >= 15 is 0 Å². The van der Waals surface area contributed by atoms with Crippen LogP contribution in [-0.2, 0) is 16.0 Å². The van der Waals surface area contributed by atoms with E-state index in [1.807, 2.05) is 52.0 Å². The number of nitrogens with one attached hydrogen (secondary N) is 2.